The number of ether oxygens (including phenoxy) is 2. The van der Waals surface area contributed by atoms with Crippen LogP contribution < -0.4 is 0 Å². The van der Waals surface area contributed by atoms with Gasteiger partial charge in [-0.15, -0.1) is 0 Å². The Morgan fingerprint density at radius 3 is 2.13 bits per heavy atom. The minimum atomic E-state index is -0.148. The average Bonchev–Trinajstić information content (AvgIpc) is 2.45. The van der Waals surface area contributed by atoms with E-state index in [-0.39, 0.29) is 29.5 Å². The van der Waals surface area contributed by atoms with Crippen molar-refractivity contribution in [3.8, 4) is 0 Å². The van der Waals surface area contributed by atoms with Crippen LogP contribution in [0.2, 0.25) is 0 Å². The summed E-state index contributed by atoms with van der Waals surface area (Å²) in [7, 11) is 2.14. The largest absolute Gasteiger partial charge is 0.396 e. The van der Waals surface area contributed by atoms with Gasteiger partial charge in [0.25, 0.3) is 0 Å². The van der Waals surface area contributed by atoms with E-state index in [1.165, 1.54) is 0 Å². The maximum Gasteiger partial charge on any atom is 0.0697 e. The van der Waals surface area contributed by atoms with Crippen LogP contribution in [0.1, 0.15) is 40.5 Å². The zero-order chi connectivity index (χ0) is 17.6. The molecule has 1 rings (SSSR count). The molecular weight excluding hydrogens is 294 g/mol. The molecule has 1 heterocycles. The highest BCUT2D eigenvalue weighted by Crippen LogP contribution is 2.40. The van der Waals surface area contributed by atoms with Crippen LogP contribution in [-0.2, 0) is 9.47 Å². The standard InChI is InChI=1S/C18H37NO4/c1-6-16(2,12-21)13-23-15-18(4)9-17(3,10-19(5)11-18)14-22-8-7-20/h20-21H,6-15H2,1-5H3. The molecule has 0 saturated carbocycles. The maximum absolute atomic E-state index is 9.51. The number of aliphatic hydroxyl groups excluding tert-OH is 2. The third-order valence-corrected chi connectivity index (χ3v) is 4.98. The van der Waals surface area contributed by atoms with Crippen LogP contribution in [0.15, 0.2) is 0 Å². The number of piperidine rings is 1. The summed E-state index contributed by atoms with van der Waals surface area (Å²) in [5.74, 6) is 0. The Hall–Kier alpha value is -0.200. The second-order valence-corrected chi connectivity index (χ2v) is 8.56. The molecule has 0 aliphatic carbocycles. The number of nitrogens with zero attached hydrogens (tertiary/aromatic N) is 1. The first-order valence-electron chi connectivity index (χ1n) is 8.76. The Balaban J connectivity index is 2.58. The van der Waals surface area contributed by atoms with Gasteiger partial charge in [0.2, 0.25) is 0 Å². The van der Waals surface area contributed by atoms with Crippen LogP contribution in [0.3, 0.4) is 0 Å². The zero-order valence-electron chi connectivity index (χ0n) is 15.7. The predicted octanol–water partition coefficient (Wildman–Crippen LogP) is 1.77. The maximum atomic E-state index is 9.51. The van der Waals surface area contributed by atoms with Crippen LogP contribution in [-0.4, -0.2) is 74.9 Å². The molecule has 0 spiro atoms. The predicted molar refractivity (Wildman–Crippen MR) is 92.5 cm³/mol. The monoisotopic (exact) mass is 331 g/mol. The van der Waals surface area contributed by atoms with Gasteiger partial charge in [-0.3, -0.25) is 0 Å². The normalized spacial score (nSPS) is 32.0. The summed E-state index contributed by atoms with van der Waals surface area (Å²) < 4.78 is 11.6. The molecule has 2 N–H and O–H groups in total. The second kappa shape index (κ2) is 8.77. The van der Waals surface area contributed by atoms with Gasteiger partial charge in [-0.2, -0.15) is 0 Å². The molecular formula is C18H37NO4. The van der Waals surface area contributed by atoms with E-state index in [1.54, 1.807) is 0 Å². The van der Waals surface area contributed by atoms with E-state index >= 15 is 0 Å². The number of hydrogen-bond donors (Lipinski definition) is 2. The fourth-order valence-electron chi connectivity index (χ4n) is 3.88. The van der Waals surface area contributed by atoms with Crippen LogP contribution in [0.25, 0.3) is 0 Å². The molecule has 0 radical (unpaired) electrons. The molecule has 1 aliphatic rings. The van der Waals surface area contributed by atoms with Crippen molar-refractivity contribution < 1.29 is 19.7 Å². The highest BCUT2D eigenvalue weighted by molar-refractivity contribution is 4.93. The number of aliphatic hydroxyl groups is 2. The van der Waals surface area contributed by atoms with Gasteiger partial charge in [0.1, 0.15) is 0 Å². The molecule has 0 aromatic carbocycles. The van der Waals surface area contributed by atoms with Crippen molar-refractivity contribution in [3.05, 3.63) is 0 Å². The van der Waals surface area contributed by atoms with Crippen molar-refractivity contribution in [1.82, 2.24) is 4.90 Å². The van der Waals surface area contributed by atoms with Gasteiger partial charge in [0.05, 0.1) is 39.6 Å². The van der Waals surface area contributed by atoms with Crippen molar-refractivity contribution in [3.63, 3.8) is 0 Å². The molecule has 0 amide bonds. The van der Waals surface area contributed by atoms with Crippen molar-refractivity contribution in [1.29, 1.82) is 0 Å². The van der Waals surface area contributed by atoms with E-state index in [4.69, 9.17) is 14.6 Å². The van der Waals surface area contributed by atoms with E-state index in [1.807, 2.05) is 0 Å². The molecule has 3 unspecified atom stereocenters. The molecule has 5 nitrogen and oxygen atoms in total. The number of rotatable bonds is 10. The SMILES string of the molecule is CCC(C)(CO)COCC1(C)CN(C)CC(C)(COCCO)C1. The van der Waals surface area contributed by atoms with Crippen molar-refractivity contribution >= 4 is 0 Å². The summed E-state index contributed by atoms with van der Waals surface area (Å²) in [6, 6.07) is 0. The summed E-state index contributed by atoms with van der Waals surface area (Å²) in [6.45, 7) is 13.3. The smallest absolute Gasteiger partial charge is 0.0697 e. The Morgan fingerprint density at radius 2 is 1.65 bits per heavy atom. The van der Waals surface area contributed by atoms with E-state index in [0.717, 1.165) is 25.9 Å². The second-order valence-electron chi connectivity index (χ2n) is 8.56. The van der Waals surface area contributed by atoms with Gasteiger partial charge in [0, 0.05) is 29.3 Å². The first-order valence-corrected chi connectivity index (χ1v) is 8.76. The lowest BCUT2D eigenvalue weighted by atomic mass is 9.70. The highest BCUT2D eigenvalue weighted by atomic mass is 16.5. The highest BCUT2D eigenvalue weighted by Gasteiger charge is 2.42. The minimum Gasteiger partial charge on any atom is -0.396 e. The Kier molecular flexibility index (Phi) is 7.94. The quantitative estimate of drug-likeness (QED) is 0.598. The zero-order valence-corrected chi connectivity index (χ0v) is 15.7. The molecule has 3 atom stereocenters. The van der Waals surface area contributed by atoms with Gasteiger partial charge in [-0.1, -0.05) is 27.7 Å². The van der Waals surface area contributed by atoms with Crippen LogP contribution in [0.4, 0.5) is 0 Å². The molecule has 5 heteroatoms. The lowest BCUT2D eigenvalue weighted by Crippen LogP contribution is -2.52. The molecule has 23 heavy (non-hydrogen) atoms. The Bertz CT molecular complexity index is 348. The number of likely N-dealkylation sites (tertiary alicyclic amines) is 1. The average molecular weight is 331 g/mol. The van der Waals surface area contributed by atoms with E-state index in [9.17, 15) is 5.11 Å². The third-order valence-electron chi connectivity index (χ3n) is 4.98. The molecule has 0 aromatic heterocycles. The van der Waals surface area contributed by atoms with Crippen LogP contribution >= 0.6 is 0 Å². The fourth-order valence-corrected chi connectivity index (χ4v) is 3.88. The van der Waals surface area contributed by atoms with Crippen molar-refractivity contribution in [2.24, 2.45) is 16.2 Å². The van der Waals surface area contributed by atoms with Gasteiger partial charge >= 0.3 is 0 Å². The van der Waals surface area contributed by atoms with Crippen molar-refractivity contribution in [2.75, 3.05) is 59.8 Å². The van der Waals surface area contributed by atoms with Crippen molar-refractivity contribution in [2.45, 2.75) is 40.5 Å². The number of hydrogen-bond acceptors (Lipinski definition) is 5. The molecule has 0 bridgehead atoms. The summed E-state index contributed by atoms with van der Waals surface area (Å²) in [5, 5.41) is 18.4. The third kappa shape index (κ3) is 6.67. The van der Waals surface area contributed by atoms with Gasteiger partial charge in [0.15, 0.2) is 0 Å². The molecule has 1 fully saturated rings. The van der Waals surface area contributed by atoms with Gasteiger partial charge in [-0.05, 0) is 19.9 Å². The lowest BCUT2D eigenvalue weighted by molar-refractivity contribution is -0.0852. The van der Waals surface area contributed by atoms with Crippen LogP contribution in [0, 0.1) is 16.2 Å². The van der Waals surface area contributed by atoms with Gasteiger partial charge in [-0.25, -0.2) is 0 Å². The summed E-state index contributed by atoms with van der Waals surface area (Å²) in [6.07, 6.45) is 1.95. The van der Waals surface area contributed by atoms with E-state index in [2.05, 4.69) is 39.6 Å². The van der Waals surface area contributed by atoms with Gasteiger partial charge < -0.3 is 24.6 Å². The summed E-state index contributed by atoms with van der Waals surface area (Å²) in [4.78, 5) is 2.35. The first kappa shape index (κ1) is 20.8. The minimum absolute atomic E-state index is 0.0725. The van der Waals surface area contributed by atoms with E-state index < -0.39 is 0 Å². The molecule has 138 valence electrons. The fraction of sp³-hybridized carbons (Fsp3) is 1.00. The molecule has 1 saturated heterocycles. The summed E-state index contributed by atoms with van der Waals surface area (Å²) >= 11 is 0. The summed E-state index contributed by atoms with van der Waals surface area (Å²) in [5.41, 5.74) is 0.00419. The molecule has 0 aromatic rings. The van der Waals surface area contributed by atoms with Crippen LogP contribution in [0.5, 0.6) is 0 Å². The lowest BCUT2D eigenvalue weighted by Gasteiger charge is -2.48. The first-order chi connectivity index (χ1) is 10.7. The Morgan fingerprint density at radius 1 is 1.09 bits per heavy atom. The molecule has 1 aliphatic heterocycles. The Labute approximate surface area is 142 Å². The topological polar surface area (TPSA) is 62.2 Å². The van der Waals surface area contributed by atoms with E-state index in [0.29, 0.717) is 26.4 Å².